The van der Waals surface area contributed by atoms with Gasteiger partial charge in [0.1, 0.15) is -0.565 Å². The SMILES string of the molecule is C=CC(I)(I)I.O=C(O)O. The van der Waals surface area contributed by atoms with Crippen LogP contribution in [0.1, 0.15) is 0 Å². The van der Waals surface area contributed by atoms with E-state index in [1.165, 1.54) is 0 Å². The molecule has 0 unspecified atom stereocenters. The van der Waals surface area contributed by atoms with Crippen molar-refractivity contribution >= 4 is 73.9 Å². The lowest BCUT2D eigenvalue weighted by molar-refractivity contribution is 0.137. The minimum absolute atomic E-state index is 0.216. The van der Waals surface area contributed by atoms with E-state index < -0.39 is 6.16 Å². The maximum atomic E-state index is 8.56. The number of halogens is 3. The number of carbonyl (C=O) groups is 1. The third-order valence-corrected chi connectivity index (χ3v) is 1.55. The zero-order chi connectivity index (χ0) is 8.78. The summed E-state index contributed by atoms with van der Waals surface area (Å²) in [7, 11) is 0. The summed E-state index contributed by atoms with van der Waals surface area (Å²) in [5, 5.41) is 13.9. The molecule has 10 heavy (non-hydrogen) atoms. The average Bonchev–Trinajstić information content (AvgIpc) is 1.63. The highest BCUT2D eigenvalue weighted by molar-refractivity contribution is 14.3. The van der Waals surface area contributed by atoms with Crippen LogP contribution in [0.3, 0.4) is 0 Å². The van der Waals surface area contributed by atoms with Gasteiger partial charge in [-0.3, -0.25) is 0 Å². The molecule has 0 saturated carbocycles. The Morgan fingerprint density at radius 1 is 1.40 bits per heavy atom. The third kappa shape index (κ3) is 35.1. The van der Waals surface area contributed by atoms with Crippen LogP contribution in [0, 0.1) is 0 Å². The maximum Gasteiger partial charge on any atom is 0.503 e. The molecule has 0 aliphatic rings. The minimum atomic E-state index is -1.83. The van der Waals surface area contributed by atoms with Crippen molar-refractivity contribution in [3.63, 3.8) is 0 Å². The Morgan fingerprint density at radius 3 is 1.50 bits per heavy atom. The maximum absolute atomic E-state index is 8.56. The molecule has 0 saturated heterocycles. The van der Waals surface area contributed by atoms with Gasteiger partial charge in [0, 0.05) is 0 Å². The highest BCUT2D eigenvalue weighted by atomic mass is 127. The summed E-state index contributed by atoms with van der Waals surface area (Å²) < 4.78 is 0.216. The summed E-state index contributed by atoms with van der Waals surface area (Å²) in [6.07, 6.45) is 0.0642. The molecule has 0 aliphatic heterocycles. The van der Waals surface area contributed by atoms with Crippen molar-refractivity contribution in [2.45, 2.75) is -0.565 Å². The van der Waals surface area contributed by atoms with Gasteiger partial charge in [-0.25, -0.2) is 4.79 Å². The summed E-state index contributed by atoms with van der Waals surface area (Å²) >= 11 is 6.89. The molecule has 0 radical (unpaired) electrons. The number of carboxylic acid groups (broad SMARTS) is 2. The van der Waals surface area contributed by atoms with Crippen molar-refractivity contribution in [1.29, 1.82) is 0 Å². The van der Waals surface area contributed by atoms with Gasteiger partial charge in [-0.05, 0) is 0 Å². The zero-order valence-electron chi connectivity index (χ0n) is 4.72. The first-order valence-electron chi connectivity index (χ1n) is 1.92. The molecular weight excluding hydrogens is 477 g/mol. The van der Waals surface area contributed by atoms with E-state index >= 15 is 0 Å². The summed E-state index contributed by atoms with van der Waals surface area (Å²) in [4.78, 5) is 8.56. The van der Waals surface area contributed by atoms with E-state index in [4.69, 9.17) is 15.0 Å². The molecule has 0 heterocycles. The first-order valence-corrected chi connectivity index (χ1v) is 5.15. The van der Waals surface area contributed by atoms with Crippen molar-refractivity contribution in [3.8, 4) is 0 Å². The Hall–Kier alpha value is 1.20. The third-order valence-electron chi connectivity index (χ3n) is 0.231. The number of hydrogen-bond acceptors (Lipinski definition) is 1. The molecule has 60 valence electrons. The summed E-state index contributed by atoms with van der Waals surface area (Å²) in [5.41, 5.74) is 0. The summed E-state index contributed by atoms with van der Waals surface area (Å²) in [6.45, 7) is 3.61. The van der Waals surface area contributed by atoms with Gasteiger partial charge in [0.25, 0.3) is 0 Å². The van der Waals surface area contributed by atoms with Crippen LogP contribution in [0.25, 0.3) is 0 Å². The van der Waals surface area contributed by atoms with E-state index in [0.29, 0.717) is 0 Å². The minimum Gasteiger partial charge on any atom is -0.450 e. The van der Waals surface area contributed by atoms with E-state index in [-0.39, 0.29) is -0.565 Å². The Labute approximate surface area is 99.7 Å². The number of alkyl halides is 3. The molecule has 6 heteroatoms. The van der Waals surface area contributed by atoms with Crippen LogP contribution in [0.4, 0.5) is 4.79 Å². The van der Waals surface area contributed by atoms with E-state index in [1.54, 1.807) is 0 Å². The highest BCUT2D eigenvalue weighted by Crippen LogP contribution is 2.35. The topological polar surface area (TPSA) is 57.5 Å². The molecule has 0 aromatic carbocycles. The number of rotatable bonds is 1. The van der Waals surface area contributed by atoms with Crippen molar-refractivity contribution in [1.82, 2.24) is 0 Å². The second-order valence-electron chi connectivity index (χ2n) is 1.03. The molecule has 0 aromatic heterocycles. The van der Waals surface area contributed by atoms with Crippen LogP contribution in [0.15, 0.2) is 12.7 Å². The second-order valence-corrected chi connectivity index (χ2v) is 12.3. The van der Waals surface area contributed by atoms with Gasteiger partial charge < -0.3 is 10.2 Å². The fourth-order valence-electron chi connectivity index (χ4n) is 0. The number of allylic oxidation sites excluding steroid dienone is 1. The molecule has 0 aromatic rings. The molecular formula is C4H5I3O3. The molecule has 0 bridgehead atoms. The fraction of sp³-hybridized carbons (Fsp3) is 0.250. The van der Waals surface area contributed by atoms with Gasteiger partial charge in [-0.1, -0.05) is 73.8 Å². The van der Waals surface area contributed by atoms with Crippen LogP contribution >= 0.6 is 67.8 Å². The van der Waals surface area contributed by atoms with Gasteiger partial charge in [-0.2, -0.15) is 0 Å². The molecule has 0 fully saturated rings. The van der Waals surface area contributed by atoms with Gasteiger partial charge in [0.2, 0.25) is 0 Å². The van der Waals surface area contributed by atoms with Gasteiger partial charge in [0.15, 0.2) is 0 Å². The van der Waals surface area contributed by atoms with Gasteiger partial charge in [0.05, 0.1) is 0 Å². The Morgan fingerprint density at radius 2 is 1.50 bits per heavy atom. The molecule has 2 N–H and O–H groups in total. The van der Waals surface area contributed by atoms with Crippen molar-refractivity contribution in [2.24, 2.45) is 0 Å². The van der Waals surface area contributed by atoms with Crippen LogP contribution in [-0.4, -0.2) is 15.8 Å². The monoisotopic (exact) mass is 482 g/mol. The molecule has 0 rings (SSSR count). The normalized spacial score (nSPS) is 9.10. The lowest BCUT2D eigenvalue weighted by Crippen LogP contribution is -1.86. The largest absolute Gasteiger partial charge is 0.503 e. The summed E-state index contributed by atoms with van der Waals surface area (Å²) in [6, 6.07) is 0. The molecule has 0 amide bonds. The highest BCUT2D eigenvalue weighted by Gasteiger charge is 2.08. The van der Waals surface area contributed by atoms with E-state index in [0.717, 1.165) is 0 Å². The Bertz CT molecular complexity index is 113. The van der Waals surface area contributed by atoms with Crippen LogP contribution in [0.5, 0.6) is 0 Å². The van der Waals surface area contributed by atoms with Gasteiger partial charge >= 0.3 is 6.16 Å². The van der Waals surface area contributed by atoms with Crippen molar-refractivity contribution in [3.05, 3.63) is 12.7 Å². The standard InChI is InChI=1S/C3H3I3.CH2O3/c1-2-3(4,5)6;2-1(3)4/h2H,1H2;(H2,2,3,4). The smallest absolute Gasteiger partial charge is 0.450 e. The van der Waals surface area contributed by atoms with Crippen LogP contribution in [-0.2, 0) is 0 Å². The van der Waals surface area contributed by atoms with Crippen molar-refractivity contribution < 1.29 is 15.0 Å². The molecule has 3 nitrogen and oxygen atoms in total. The Balaban J connectivity index is 0. The van der Waals surface area contributed by atoms with E-state index in [1.807, 2.05) is 6.08 Å². The molecule has 0 aliphatic carbocycles. The van der Waals surface area contributed by atoms with Gasteiger partial charge in [-0.15, -0.1) is 6.58 Å². The van der Waals surface area contributed by atoms with Crippen LogP contribution in [0.2, 0.25) is 0 Å². The first kappa shape index (κ1) is 13.8. The fourth-order valence-corrected chi connectivity index (χ4v) is 0. The quantitative estimate of drug-likeness (QED) is 0.343. The lowest BCUT2D eigenvalue weighted by Gasteiger charge is -2.00. The van der Waals surface area contributed by atoms with Crippen molar-refractivity contribution in [2.75, 3.05) is 0 Å². The first-order chi connectivity index (χ1) is 4.29. The average molecular weight is 482 g/mol. The lowest BCUT2D eigenvalue weighted by atomic mass is 10.8. The van der Waals surface area contributed by atoms with E-state index in [2.05, 4.69) is 74.4 Å². The Kier molecular flexibility index (Phi) is 9.48. The van der Waals surface area contributed by atoms with Crippen LogP contribution < -0.4 is 0 Å². The predicted octanol–water partition coefficient (Wildman–Crippen LogP) is 3.35. The molecule has 0 spiro atoms. The van der Waals surface area contributed by atoms with E-state index in [9.17, 15) is 0 Å². The number of hydrogen-bond donors (Lipinski definition) is 2. The predicted molar refractivity (Wildman–Crippen MR) is 65.6 cm³/mol. The summed E-state index contributed by atoms with van der Waals surface area (Å²) in [5.74, 6) is 0. The second kappa shape index (κ2) is 6.88. The zero-order valence-corrected chi connectivity index (χ0v) is 11.2. The molecule has 0 atom stereocenters.